The van der Waals surface area contributed by atoms with E-state index in [4.69, 9.17) is 5.73 Å². The number of hydrogen-bond donors (Lipinski definition) is 1. The first kappa shape index (κ1) is 12.6. The van der Waals surface area contributed by atoms with Crippen LogP contribution in [-0.4, -0.2) is 29.3 Å². The van der Waals surface area contributed by atoms with Gasteiger partial charge in [0.05, 0.1) is 0 Å². The molecule has 2 fully saturated rings. The molecule has 1 aliphatic carbocycles. The number of carbonyl (C=O) groups excluding carboxylic acids is 2. The SMILES string of the molecule is CC1CC(=O)N(C2CCCCC2CN)C(=O)C1. The molecule has 0 radical (unpaired) electrons. The van der Waals surface area contributed by atoms with E-state index in [0.717, 1.165) is 19.3 Å². The van der Waals surface area contributed by atoms with Gasteiger partial charge in [-0.1, -0.05) is 19.8 Å². The van der Waals surface area contributed by atoms with Crippen molar-refractivity contribution in [3.63, 3.8) is 0 Å². The number of amides is 2. The van der Waals surface area contributed by atoms with Crippen LogP contribution in [0.15, 0.2) is 0 Å². The van der Waals surface area contributed by atoms with Crippen LogP contribution in [0.2, 0.25) is 0 Å². The second kappa shape index (κ2) is 5.17. The average molecular weight is 238 g/mol. The molecule has 2 rings (SSSR count). The number of imide groups is 1. The molecule has 2 unspecified atom stereocenters. The molecule has 4 heteroatoms. The smallest absolute Gasteiger partial charge is 0.229 e. The fraction of sp³-hybridized carbons (Fsp3) is 0.846. The molecule has 2 N–H and O–H groups in total. The van der Waals surface area contributed by atoms with Crippen molar-refractivity contribution in [1.82, 2.24) is 4.90 Å². The van der Waals surface area contributed by atoms with Gasteiger partial charge in [-0.2, -0.15) is 0 Å². The van der Waals surface area contributed by atoms with Gasteiger partial charge in [-0.25, -0.2) is 0 Å². The minimum absolute atomic E-state index is 0.0131. The van der Waals surface area contributed by atoms with Crippen LogP contribution >= 0.6 is 0 Å². The first-order valence-electron chi connectivity index (χ1n) is 6.68. The number of hydrogen-bond acceptors (Lipinski definition) is 3. The van der Waals surface area contributed by atoms with Crippen LogP contribution in [0.3, 0.4) is 0 Å². The van der Waals surface area contributed by atoms with Crippen LogP contribution in [0.1, 0.15) is 45.4 Å². The van der Waals surface area contributed by atoms with Crippen molar-refractivity contribution in [1.29, 1.82) is 0 Å². The molecule has 1 saturated heterocycles. The monoisotopic (exact) mass is 238 g/mol. The van der Waals surface area contributed by atoms with Gasteiger partial charge in [0.15, 0.2) is 0 Å². The lowest BCUT2D eigenvalue weighted by Crippen LogP contribution is -2.53. The van der Waals surface area contributed by atoms with Gasteiger partial charge in [-0.3, -0.25) is 14.5 Å². The van der Waals surface area contributed by atoms with Crippen molar-refractivity contribution in [2.75, 3.05) is 6.54 Å². The van der Waals surface area contributed by atoms with Crippen molar-refractivity contribution in [3.8, 4) is 0 Å². The van der Waals surface area contributed by atoms with E-state index in [2.05, 4.69) is 0 Å². The molecule has 96 valence electrons. The second-order valence-corrected chi connectivity index (χ2v) is 5.52. The van der Waals surface area contributed by atoms with Gasteiger partial charge in [0, 0.05) is 18.9 Å². The maximum absolute atomic E-state index is 12.0. The van der Waals surface area contributed by atoms with Crippen LogP contribution in [0.5, 0.6) is 0 Å². The van der Waals surface area contributed by atoms with Gasteiger partial charge in [-0.05, 0) is 31.2 Å². The van der Waals surface area contributed by atoms with Gasteiger partial charge in [-0.15, -0.1) is 0 Å². The van der Waals surface area contributed by atoms with Gasteiger partial charge < -0.3 is 5.73 Å². The topological polar surface area (TPSA) is 63.4 Å². The maximum Gasteiger partial charge on any atom is 0.229 e. The number of nitrogens with two attached hydrogens (primary N) is 1. The summed E-state index contributed by atoms with van der Waals surface area (Å²) in [6.07, 6.45) is 5.29. The summed E-state index contributed by atoms with van der Waals surface area (Å²) < 4.78 is 0. The molecule has 4 nitrogen and oxygen atoms in total. The highest BCUT2D eigenvalue weighted by Gasteiger charge is 2.39. The third kappa shape index (κ3) is 2.51. The number of piperidine rings is 1. The van der Waals surface area contributed by atoms with E-state index >= 15 is 0 Å². The average Bonchev–Trinajstić information content (AvgIpc) is 2.28. The summed E-state index contributed by atoms with van der Waals surface area (Å²) in [5, 5.41) is 0. The van der Waals surface area contributed by atoms with E-state index in [-0.39, 0.29) is 23.8 Å². The normalized spacial score (nSPS) is 32.0. The van der Waals surface area contributed by atoms with Gasteiger partial charge in [0.25, 0.3) is 0 Å². The third-order valence-corrected chi connectivity index (χ3v) is 4.09. The highest BCUT2D eigenvalue weighted by atomic mass is 16.2. The fourth-order valence-electron chi connectivity index (χ4n) is 3.18. The number of carbonyl (C=O) groups is 2. The molecule has 2 atom stereocenters. The van der Waals surface area contributed by atoms with Crippen LogP contribution in [0, 0.1) is 11.8 Å². The molecular formula is C13H22N2O2. The number of rotatable bonds is 2. The Kier molecular flexibility index (Phi) is 3.82. The Morgan fingerprint density at radius 1 is 1.18 bits per heavy atom. The molecule has 0 aromatic carbocycles. The van der Waals surface area contributed by atoms with E-state index in [0.29, 0.717) is 25.3 Å². The van der Waals surface area contributed by atoms with Crippen molar-refractivity contribution >= 4 is 11.8 Å². The van der Waals surface area contributed by atoms with E-state index in [1.807, 2.05) is 6.92 Å². The lowest BCUT2D eigenvalue weighted by atomic mass is 9.82. The lowest BCUT2D eigenvalue weighted by molar-refractivity contribution is -0.154. The summed E-state index contributed by atoms with van der Waals surface area (Å²) in [7, 11) is 0. The van der Waals surface area contributed by atoms with Crippen molar-refractivity contribution < 1.29 is 9.59 Å². The zero-order valence-electron chi connectivity index (χ0n) is 10.5. The van der Waals surface area contributed by atoms with Gasteiger partial charge in [0.1, 0.15) is 0 Å². The Hall–Kier alpha value is -0.900. The van der Waals surface area contributed by atoms with Crippen molar-refractivity contribution in [2.45, 2.75) is 51.5 Å². The first-order valence-corrected chi connectivity index (χ1v) is 6.68. The molecule has 1 aliphatic heterocycles. The molecule has 17 heavy (non-hydrogen) atoms. The number of nitrogens with zero attached hydrogens (tertiary/aromatic N) is 1. The molecule has 0 aromatic heterocycles. The molecule has 0 bridgehead atoms. The summed E-state index contributed by atoms with van der Waals surface area (Å²) in [5.41, 5.74) is 5.77. The Bertz CT molecular complexity index is 299. The van der Waals surface area contributed by atoms with E-state index in [9.17, 15) is 9.59 Å². The molecule has 2 aliphatic rings. The molecule has 1 saturated carbocycles. The first-order chi connectivity index (χ1) is 8.13. The second-order valence-electron chi connectivity index (χ2n) is 5.52. The quantitative estimate of drug-likeness (QED) is 0.737. The zero-order valence-corrected chi connectivity index (χ0v) is 10.5. The molecule has 0 aromatic rings. The largest absolute Gasteiger partial charge is 0.330 e. The van der Waals surface area contributed by atoms with Gasteiger partial charge >= 0.3 is 0 Å². The Labute approximate surface area is 103 Å². The summed E-state index contributed by atoms with van der Waals surface area (Å²) in [4.78, 5) is 25.6. The Balaban J connectivity index is 2.13. The summed E-state index contributed by atoms with van der Waals surface area (Å²) in [5.74, 6) is 0.537. The van der Waals surface area contributed by atoms with Crippen LogP contribution in [0.4, 0.5) is 0 Å². The Morgan fingerprint density at radius 3 is 2.35 bits per heavy atom. The summed E-state index contributed by atoms with van der Waals surface area (Å²) in [6, 6.07) is 0.0706. The fourth-order valence-corrected chi connectivity index (χ4v) is 3.18. The summed E-state index contributed by atoms with van der Waals surface area (Å²) in [6.45, 7) is 2.55. The minimum Gasteiger partial charge on any atom is -0.330 e. The molecule has 1 heterocycles. The molecular weight excluding hydrogens is 216 g/mol. The standard InChI is InChI=1S/C13H22N2O2/c1-9-6-12(16)15(13(17)7-9)11-5-3-2-4-10(11)8-14/h9-11H,2-8,14H2,1H3. The predicted molar refractivity (Wildman–Crippen MR) is 65.1 cm³/mol. The van der Waals surface area contributed by atoms with Gasteiger partial charge in [0.2, 0.25) is 11.8 Å². The third-order valence-electron chi connectivity index (χ3n) is 4.09. The Morgan fingerprint density at radius 2 is 1.76 bits per heavy atom. The lowest BCUT2D eigenvalue weighted by Gasteiger charge is -2.41. The number of likely N-dealkylation sites (tertiary alicyclic amines) is 1. The maximum atomic E-state index is 12.0. The highest BCUT2D eigenvalue weighted by molar-refractivity contribution is 5.98. The van der Waals surface area contributed by atoms with E-state index in [1.165, 1.54) is 11.3 Å². The van der Waals surface area contributed by atoms with Crippen LogP contribution in [-0.2, 0) is 9.59 Å². The van der Waals surface area contributed by atoms with Crippen molar-refractivity contribution in [3.05, 3.63) is 0 Å². The highest BCUT2D eigenvalue weighted by Crippen LogP contribution is 2.31. The zero-order chi connectivity index (χ0) is 12.4. The molecule has 0 spiro atoms. The van der Waals surface area contributed by atoms with E-state index in [1.54, 1.807) is 0 Å². The predicted octanol–water partition coefficient (Wildman–Crippen LogP) is 1.29. The van der Waals surface area contributed by atoms with Crippen LogP contribution < -0.4 is 5.73 Å². The van der Waals surface area contributed by atoms with Crippen molar-refractivity contribution in [2.24, 2.45) is 17.6 Å². The minimum atomic E-state index is 0.0131. The van der Waals surface area contributed by atoms with Crippen LogP contribution in [0.25, 0.3) is 0 Å². The summed E-state index contributed by atoms with van der Waals surface area (Å²) >= 11 is 0. The van der Waals surface area contributed by atoms with E-state index < -0.39 is 0 Å². The molecule has 2 amide bonds.